The minimum absolute atomic E-state index is 0.168. The molecule has 0 aliphatic rings. The van der Waals surface area contributed by atoms with Crippen molar-refractivity contribution in [3.63, 3.8) is 0 Å². The van der Waals surface area contributed by atoms with Crippen LogP contribution in [0.4, 0.5) is 15.8 Å². The molecule has 0 amide bonds. The van der Waals surface area contributed by atoms with Crippen molar-refractivity contribution < 1.29 is 4.39 Å². The molecule has 132 valence electrons. The lowest BCUT2D eigenvalue weighted by molar-refractivity contribution is 0.618. The van der Waals surface area contributed by atoms with Gasteiger partial charge in [0.05, 0.1) is 11.4 Å². The summed E-state index contributed by atoms with van der Waals surface area (Å²) >= 11 is 0. The van der Waals surface area contributed by atoms with Gasteiger partial charge in [-0.25, -0.2) is 4.39 Å². The molecule has 0 spiro atoms. The third kappa shape index (κ3) is 4.30. The molecule has 0 aliphatic heterocycles. The second-order valence-corrected chi connectivity index (χ2v) is 6.07. The molecule has 3 heteroatoms. The van der Waals surface area contributed by atoms with Gasteiger partial charge in [-0.05, 0) is 72.4 Å². The highest BCUT2D eigenvalue weighted by Gasteiger charge is 2.09. The molecule has 2 rings (SSSR count). The second kappa shape index (κ2) is 8.52. The maximum atomic E-state index is 13.6. The number of halogens is 1. The van der Waals surface area contributed by atoms with Crippen LogP contribution in [0.3, 0.4) is 0 Å². The van der Waals surface area contributed by atoms with Crippen LogP contribution in [0.5, 0.6) is 0 Å². The fraction of sp³-hybridized carbons (Fsp3) is 0.273. The molecule has 0 aromatic heterocycles. The summed E-state index contributed by atoms with van der Waals surface area (Å²) in [5.74, 6) is -0.168. The lowest BCUT2D eigenvalue weighted by atomic mass is 9.93. The molecule has 2 aromatic rings. The van der Waals surface area contributed by atoms with Gasteiger partial charge in [0, 0.05) is 14.1 Å². The fourth-order valence-electron chi connectivity index (χ4n) is 2.84. The Kier molecular flexibility index (Phi) is 6.40. The summed E-state index contributed by atoms with van der Waals surface area (Å²) in [5.41, 5.74) is 7.22. The van der Waals surface area contributed by atoms with E-state index in [4.69, 9.17) is 0 Å². The summed E-state index contributed by atoms with van der Waals surface area (Å²) in [6.07, 6.45) is 5.27. The molecule has 2 N–H and O–H groups in total. The summed E-state index contributed by atoms with van der Waals surface area (Å²) in [5, 5.41) is 6.43. The van der Waals surface area contributed by atoms with E-state index >= 15 is 0 Å². The van der Waals surface area contributed by atoms with E-state index in [1.807, 2.05) is 26.2 Å². The molecule has 0 unspecified atom stereocenters. The predicted molar refractivity (Wildman–Crippen MR) is 109 cm³/mol. The van der Waals surface area contributed by atoms with Gasteiger partial charge in [-0.1, -0.05) is 31.2 Å². The second-order valence-electron chi connectivity index (χ2n) is 6.07. The average Bonchev–Trinajstić information content (AvgIpc) is 2.63. The Morgan fingerprint density at radius 2 is 1.68 bits per heavy atom. The van der Waals surface area contributed by atoms with Crippen LogP contribution in [0.1, 0.15) is 37.0 Å². The Balaban J connectivity index is 2.62. The highest BCUT2D eigenvalue weighted by Crippen LogP contribution is 2.32. The Morgan fingerprint density at radius 1 is 1.00 bits per heavy atom. The molecular formula is C22H27FN2. The van der Waals surface area contributed by atoms with E-state index in [1.165, 1.54) is 0 Å². The quantitative estimate of drug-likeness (QED) is 0.490. The van der Waals surface area contributed by atoms with E-state index in [0.29, 0.717) is 5.56 Å². The summed E-state index contributed by atoms with van der Waals surface area (Å²) < 4.78 is 13.6. The third-order valence-corrected chi connectivity index (χ3v) is 4.38. The van der Waals surface area contributed by atoms with E-state index in [-0.39, 0.29) is 5.82 Å². The monoisotopic (exact) mass is 338 g/mol. The van der Waals surface area contributed by atoms with Gasteiger partial charge in [0.25, 0.3) is 0 Å². The molecule has 0 saturated carbocycles. The lowest BCUT2D eigenvalue weighted by Crippen LogP contribution is -1.98. The van der Waals surface area contributed by atoms with Crippen molar-refractivity contribution in [2.24, 2.45) is 0 Å². The van der Waals surface area contributed by atoms with Gasteiger partial charge in [-0.15, -0.1) is 0 Å². The minimum atomic E-state index is -0.168. The van der Waals surface area contributed by atoms with Crippen LogP contribution in [-0.2, 0) is 0 Å². The molecule has 0 bridgehead atoms. The van der Waals surface area contributed by atoms with Gasteiger partial charge >= 0.3 is 0 Å². The number of hydrogen-bond donors (Lipinski definition) is 2. The number of hydrogen-bond acceptors (Lipinski definition) is 2. The summed E-state index contributed by atoms with van der Waals surface area (Å²) in [7, 11) is 3.83. The Hall–Kier alpha value is -2.55. The number of benzene rings is 2. The number of anilines is 2. The number of allylic oxidation sites excluding steroid dienone is 4. The van der Waals surface area contributed by atoms with Crippen molar-refractivity contribution in [3.05, 3.63) is 71.1 Å². The van der Waals surface area contributed by atoms with Crippen molar-refractivity contribution in [1.29, 1.82) is 0 Å². The van der Waals surface area contributed by atoms with Crippen molar-refractivity contribution >= 4 is 22.5 Å². The van der Waals surface area contributed by atoms with Gasteiger partial charge in [-0.3, -0.25) is 0 Å². The first-order chi connectivity index (χ1) is 12.0. The Labute approximate surface area is 150 Å². The first kappa shape index (κ1) is 18.8. The normalized spacial score (nSPS) is 12.2. The van der Waals surface area contributed by atoms with Crippen molar-refractivity contribution in [1.82, 2.24) is 0 Å². The summed E-state index contributed by atoms with van der Waals surface area (Å²) in [4.78, 5) is 0. The summed E-state index contributed by atoms with van der Waals surface area (Å²) in [6.45, 7) is 6.01. The third-order valence-electron chi connectivity index (χ3n) is 4.38. The largest absolute Gasteiger partial charge is 0.386 e. The average molecular weight is 338 g/mol. The van der Waals surface area contributed by atoms with Crippen LogP contribution in [0, 0.1) is 12.7 Å². The highest BCUT2D eigenvalue weighted by molar-refractivity contribution is 5.96. The Morgan fingerprint density at radius 3 is 2.28 bits per heavy atom. The molecular weight excluding hydrogens is 311 g/mol. The first-order valence-electron chi connectivity index (χ1n) is 8.65. The molecule has 0 aliphatic carbocycles. The van der Waals surface area contributed by atoms with Crippen LogP contribution in [-0.4, -0.2) is 14.1 Å². The molecule has 0 heterocycles. The molecule has 25 heavy (non-hydrogen) atoms. The maximum Gasteiger partial charge on any atom is 0.126 e. The maximum absolute atomic E-state index is 13.6. The van der Waals surface area contributed by atoms with Crippen LogP contribution in [0.25, 0.3) is 11.1 Å². The molecule has 0 fully saturated rings. The zero-order valence-electron chi connectivity index (χ0n) is 15.7. The van der Waals surface area contributed by atoms with E-state index in [0.717, 1.165) is 40.1 Å². The highest BCUT2D eigenvalue weighted by atomic mass is 19.1. The van der Waals surface area contributed by atoms with Crippen molar-refractivity contribution in [2.45, 2.75) is 27.2 Å². The van der Waals surface area contributed by atoms with Gasteiger partial charge < -0.3 is 10.6 Å². The van der Waals surface area contributed by atoms with Crippen molar-refractivity contribution in [3.8, 4) is 0 Å². The van der Waals surface area contributed by atoms with Crippen LogP contribution in [0.2, 0.25) is 0 Å². The molecule has 0 atom stereocenters. The van der Waals surface area contributed by atoms with E-state index in [2.05, 4.69) is 54.8 Å². The molecule has 0 saturated heterocycles. The molecule has 2 aromatic carbocycles. The van der Waals surface area contributed by atoms with Gasteiger partial charge in [0.15, 0.2) is 0 Å². The smallest absolute Gasteiger partial charge is 0.126 e. The zero-order chi connectivity index (χ0) is 18.4. The number of nitrogens with one attached hydrogen (secondary N) is 2. The number of aryl methyl sites for hydroxylation is 1. The van der Waals surface area contributed by atoms with E-state index < -0.39 is 0 Å². The topological polar surface area (TPSA) is 24.1 Å². The van der Waals surface area contributed by atoms with E-state index in [1.54, 1.807) is 13.0 Å². The van der Waals surface area contributed by atoms with Crippen LogP contribution in [0.15, 0.2) is 48.6 Å². The standard InChI is InChI=1S/C22H27FN2/c1-6-7-8-19(16(3)17-9-11-20(23)15(2)13-17)18-10-12-21(24-4)22(14-18)25-5/h7-14,24-25H,6H2,1-5H3/b8-7-,19-16-. The summed E-state index contributed by atoms with van der Waals surface area (Å²) in [6, 6.07) is 11.6. The lowest BCUT2D eigenvalue weighted by Gasteiger charge is -2.15. The van der Waals surface area contributed by atoms with E-state index in [9.17, 15) is 4.39 Å². The zero-order valence-corrected chi connectivity index (χ0v) is 15.7. The van der Waals surface area contributed by atoms with Crippen molar-refractivity contribution in [2.75, 3.05) is 24.7 Å². The van der Waals surface area contributed by atoms with Crippen LogP contribution < -0.4 is 10.6 Å². The van der Waals surface area contributed by atoms with Crippen LogP contribution >= 0.6 is 0 Å². The molecule has 2 nitrogen and oxygen atoms in total. The molecule has 0 radical (unpaired) electrons. The number of rotatable bonds is 6. The first-order valence-corrected chi connectivity index (χ1v) is 8.65. The SMILES string of the molecule is CC/C=C\C(=C(/C)c1ccc(F)c(C)c1)c1ccc(NC)c(NC)c1. The van der Waals surface area contributed by atoms with Gasteiger partial charge in [0.2, 0.25) is 0 Å². The Bertz CT molecular complexity index is 804. The van der Waals surface area contributed by atoms with Gasteiger partial charge in [0.1, 0.15) is 5.82 Å². The van der Waals surface area contributed by atoms with Gasteiger partial charge in [-0.2, -0.15) is 0 Å². The fourth-order valence-corrected chi connectivity index (χ4v) is 2.84. The predicted octanol–water partition coefficient (Wildman–Crippen LogP) is 6.11. The minimum Gasteiger partial charge on any atom is -0.386 e.